The van der Waals surface area contributed by atoms with Crippen LogP contribution in [-0.2, 0) is 13.0 Å². The highest BCUT2D eigenvalue weighted by Gasteiger charge is 2.09. The van der Waals surface area contributed by atoms with Gasteiger partial charge < -0.3 is 5.32 Å². The maximum absolute atomic E-state index is 4.66. The van der Waals surface area contributed by atoms with E-state index in [2.05, 4.69) is 41.4 Å². The quantitative estimate of drug-likeness (QED) is 0.885. The van der Waals surface area contributed by atoms with E-state index in [1.54, 1.807) is 11.3 Å². The molecule has 0 aromatic carbocycles. The highest BCUT2D eigenvalue weighted by molar-refractivity contribution is 7.12. The minimum Gasteiger partial charge on any atom is -0.312 e. The summed E-state index contributed by atoms with van der Waals surface area (Å²) in [5, 5.41) is 7.91. The molecule has 2 heterocycles. The second-order valence-electron chi connectivity index (χ2n) is 5.20. The monoisotopic (exact) mass is 295 g/mol. The third-order valence-corrected chi connectivity index (χ3v) is 4.87. The second kappa shape index (κ2) is 6.59. The summed E-state index contributed by atoms with van der Waals surface area (Å²) in [6, 6.07) is 0. The molecule has 0 saturated heterocycles. The minimum atomic E-state index is 0.686. The highest BCUT2D eigenvalue weighted by Crippen LogP contribution is 2.22. The molecule has 0 fully saturated rings. The van der Waals surface area contributed by atoms with Gasteiger partial charge in [-0.25, -0.2) is 9.97 Å². The first kappa shape index (κ1) is 14.6. The van der Waals surface area contributed by atoms with Crippen LogP contribution in [0.4, 0.5) is 0 Å². The average Bonchev–Trinajstić information content (AvgIpc) is 2.86. The Balaban J connectivity index is 1.96. The van der Waals surface area contributed by atoms with Crippen LogP contribution < -0.4 is 5.32 Å². The van der Waals surface area contributed by atoms with Gasteiger partial charge in [-0.3, -0.25) is 0 Å². The third-order valence-electron chi connectivity index (χ3n) is 2.74. The molecular formula is C14H21N3S2. The van der Waals surface area contributed by atoms with Crippen molar-refractivity contribution in [3.63, 3.8) is 0 Å². The van der Waals surface area contributed by atoms with Gasteiger partial charge in [0, 0.05) is 22.5 Å². The Morgan fingerprint density at radius 2 is 2.00 bits per heavy atom. The molecule has 3 nitrogen and oxygen atoms in total. The van der Waals surface area contributed by atoms with Crippen LogP contribution in [-0.4, -0.2) is 16.5 Å². The third kappa shape index (κ3) is 4.37. The minimum absolute atomic E-state index is 0.686. The van der Waals surface area contributed by atoms with Gasteiger partial charge in [0.05, 0.1) is 22.1 Å². The zero-order valence-electron chi connectivity index (χ0n) is 12.0. The van der Waals surface area contributed by atoms with Crippen LogP contribution in [0, 0.1) is 19.8 Å². The highest BCUT2D eigenvalue weighted by atomic mass is 32.1. The summed E-state index contributed by atoms with van der Waals surface area (Å²) >= 11 is 3.53. The van der Waals surface area contributed by atoms with Gasteiger partial charge in [0.1, 0.15) is 0 Å². The molecule has 0 aliphatic rings. The van der Waals surface area contributed by atoms with Crippen molar-refractivity contribution in [2.75, 3.05) is 6.54 Å². The Morgan fingerprint density at radius 3 is 2.63 bits per heavy atom. The molecule has 0 radical (unpaired) electrons. The number of aromatic nitrogens is 2. The smallest absolute Gasteiger partial charge is 0.0999 e. The van der Waals surface area contributed by atoms with E-state index in [9.17, 15) is 0 Å². The van der Waals surface area contributed by atoms with Gasteiger partial charge in [-0.1, -0.05) is 13.8 Å². The molecule has 0 amide bonds. The fourth-order valence-corrected chi connectivity index (χ4v) is 3.73. The van der Waals surface area contributed by atoms with Gasteiger partial charge in [-0.15, -0.1) is 22.7 Å². The molecule has 0 saturated carbocycles. The van der Waals surface area contributed by atoms with Gasteiger partial charge in [0.25, 0.3) is 0 Å². The summed E-state index contributed by atoms with van der Waals surface area (Å²) in [5.74, 6) is 0.686. The van der Waals surface area contributed by atoms with Crippen molar-refractivity contribution in [3.8, 4) is 0 Å². The Bertz CT molecular complexity index is 529. The topological polar surface area (TPSA) is 37.8 Å². The summed E-state index contributed by atoms with van der Waals surface area (Å²) in [5.41, 5.74) is 2.26. The van der Waals surface area contributed by atoms with Gasteiger partial charge in [-0.2, -0.15) is 0 Å². The lowest BCUT2D eigenvalue weighted by atomic mass is 10.2. The number of rotatable bonds is 6. The normalized spacial score (nSPS) is 11.4. The van der Waals surface area contributed by atoms with Crippen molar-refractivity contribution >= 4 is 22.7 Å². The Labute approximate surface area is 123 Å². The van der Waals surface area contributed by atoms with Crippen molar-refractivity contribution in [2.45, 2.75) is 40.7 Å². The molecule has 0 bridgehead atoms. The van der Waals surface area contributed by atoms with Gasteiger partial charge in [-0.05, 0) is 26.3 Å². The number of hydrogen-bond donors (Lipinski definition) is 1. The molecule has 2 rings (SSSR count). The fourth-order valence-electron chi connectivity index (χ4n) is 1.82. The summed E-state index contributed by atoms with van der Waals surface area (Å²) in [7, 11) is 0. The number of hydrogen-bond acceptors (Lipinski definition) is 5. The molecule has 0 aliphatic carbocycles. The van der Waals surface area contributed by atoms with E-state index in [1.165, 1.54) is 9.88 Å². The van der Waals surface area contributed by atoms with Crippen LogP contribution >= 0.6 is 22.7 Å². The molecule has 0 unspecified atom stereocenters. The summed E-state index contributed by atoms with van der Waals surface area (Å²) in [6.45, 7) is 10.6. The lowest BCUT2D eigenvalue weighted by Crippen LogP contribution is -2.18. The molecule has 0 aliphatic heterocycles. The lowest BCUT2D eigenvalue weighted by Gasteiger charge is -2.05. The molecule has 2 aromatic heterocycles. The zero-order chi connectivity index (χ0) is 13.8. The van der Waals surface area contributed by atoms with Crippen molar-refractivity contribution in [3.05, 3.63) is 31.7 Å². The number of aryl methyl sites for hydroxylation is 2. The van der Waals surface area contributed by atoms with Crippen LogP contribution in [0.3, 0.4) is 0 Å². The largest absolute Gasteiger partial charge is 0.312 e. The predicted molar refractivity (Wildman–Crippen MR) is 83.1 cm³/mol. The van der Waals surface area contributed by atoms with Crippen molar-refractivity contribution in [2.24, 2.45) is 5.92 Å². The fraction of sp³-hybridized carbons (Fsp3) is 0.571. The second-order valence-corrected chi connectivity index (χ2v) is 7.31. The molecule has 104 valence electrons. The Morgan fingerprint density at radius 1 is 1.21 bits per heavy atom. The molecule has 2 aromatic rings. The maximum Gasteiger partial charge on any atom is 0.0999 e. The van der Waals surface area contributed by atoms with Crippen LogP contribution in [0.2, 0.25) is 0 Å². The van der Waals surface area contributed by atoms with Crippen LogP contribution in [0.1, 0.15) is 40.1 Å². The molecule has 19 heavy (non-hydrogen) atoms. The first-order valence-corrected chi connectivity index (χ1v) is 8.31. The van der Waals surface area contributed by atoms with E-state index >= 15 is 0 Å². The van der Waals surface area contributed by atoms with E-state index in [1.807, 2.05) is 18.3 Å². The van der Waals surface area contributed by atoms with Crippen molar-refractivity contribution in [1.29, 1.82) is 0 Å². The maximum atomic E-state index is 4.66. The molecule has 0 spiro atoms. The van der Waals surface area contributed by atoms with Crippen molar-refractivity contribution in [1.82, 2.24) is 15.3 Å². The molecule has 1 N–H and O–H groups in total. The average molecular weight is 295 g/mol. The van der Waals surface area contributed by atoms with Crippen LogP contribution in [0.5, 0.6) is 0 Å². The van der Waals surface area contributed by atoms with Gasteiger partial charge in [0.2, 0.25) is 0 Å². The van der Waals surface area contributed by atoms with E-state index < -0.39 is 0 Å². The number of nitrogens with one attached hydrogen (secondary N) is 1. The van der Waals surface area contributed by atoms with Crippen LogP contribution in [0.15, 0.2) is 5.38 Å². The summed E-state index contributed by atoms with van der Waals surface area (Å²) in [4.78, 5) is 10.5. The van der Waals surface area contributed by atoms with Gasteiger partial charge in [0.15, 0.2) is 0 Å². The van der Waals surface area contributed by atoms with E-state index in [4.69, 9.17) is 0 Å². The first-order chi connectivity index (χ1) is 9.04. The zero-order valence-corrected chi connectivity index (χ0v) is 13.6. The SMILES string of the molecule is Cc1csc(Cc2nc(C)c(CNCC(C)C)s2)n1. The van der Waals surface area contributed by atoms with Gasteiger partial charge >= 0.3 is 0 Å². The molecule has 0 atom stereocenters. The lowest BCUT2D eigenvalue weighted by molar-refractivity contribution is 0.554. The molecular weight excluding hydrogens is 274 g/mol. The first-order valence-electron chi connectivity index (χ1n) is 6.61. The Kier molecular flexibility index (Phi) is 5.07. The van der Waals surface area contributed by atoms with Crippen molar-refractivity contribution < 1.29 is 0 Å². The molecule has 5 heteroatoms. The van der Waals surface area contributed by atoms with Crippen LogP contribution in [0.25, 0.3) is 0 Å². The number of thiazole rings is 2. The number of nitrogens with zero attached hydrogens (tertiary/aromatic N) is 2. The summed E-state index contributed by atoms with van der Waals surface area (Å²) < 4.78 is 0. The van der Waals surface area contributed by atoms with E-state index in [0.29, 0.717) is 5.92 Å². The van der Waals surface area contributed by atoms with E-state index in [-0.39, 0.29) is 0 Å². The Hall–Kier alpha value is -0.780. The predicted octanol–water partition coefficient (Wildman–Crippen LogP) is 3.55. The van der Waals surface area contributed by atoms with E-state index in [0.717, 1.165) is 35.9 Å². The summed E-state index contributed by atoms with van der Waals surface area (Å²) in [6.07, 6.45) is 0.869. The standard InChI is InChI=1S/C14H21N3S2/c1-9(2)6-15-7-12-11(4)17-14(19-12)5-13-16-10(3)8-18-13/h8-9,15H,5-7H2,1-4H3.